The zero-order valence-corrected chi connectivity index (χ0v) is 11.4. The monoisotopic (exact) mass is 284 g/mol. The molecule has 0 aromatic carbocycles. The summed E-state index contributed by atoms with van der Waals surface area (Å²) in [4.78, 5) is 4.24. The second-order valence-electron chi connectivity index (χ2n) is 4.13. The average Bonchev–Trinajstić information content (AvgIpc) is 2.67. The number of hydrogen-bond acceptors (Lipinski definition) is 5. The maximum absolute atomic E-state index is 10.6. The second kappa shape index (κ2) is 5.06. The number of aromatic nitrogens is 3. The Bertz CT molecular complexity index is 657. The Kier molecular flexibility index (Phi) is 3.63. The fourth-order valence-corrected chi connectivity index (χ4v) is 1.87. The van der Waals surface area contributed by atoms with Crippen LogP contribution in [0.4, 0.5) is 0 Å². The number of oxazole rings is 1. The third-order valence-electron chi connectivity index (χ3n) is 2.63. The van der Waals surface area contributed by atoms with Crippen molar-refractivity contribution in [3.63, 3.8) is 0 Å². The molecule has 0 aliphatic heterocycles. The zero-order valence-electron chi connectivity index (χ0n) is 10.6. The Morgan fingerprint density at radius 3 is 2.63 bits per heavy atom. The van der Waals surface area contributed by atoms with Crippen LogP contribution in [-0.4, -0.2) is 28.8 Å². The summed E-state index contributed by atoms with van der Waals surface area (Å²) in [6.45, 7) is 3.77. The van der Waals surface area contributed by atoms with E-state index in [0.717, 1.165) is 11.5 Å². The summed E-state index contributed by atoms with van der Waals surface area (Å²) in [5.41, 5.74) is 1.53. The third-order valence-corrected chi connectivity index (χ3v) is 3.32. The lowest BCUT2D eigenvalue weighted by atomic mass is 10.3. The molecule has 102 valence electrons. The van der Waals surface area contributed by atoms with Crippen LogP contribution in [0.3, 0.4) is 0 Å². The summed E-state index contributed by atoms with van der Waals surface area (Å²) < 4.78 is 36.8. The molecule has 2 rings (SSSR count). The van der Waals surface area contributed by atoms with Crippen molar-refractivity contribution < 1.29 is 22.1 Å². The molecule has 0 saturated carbocycles. The van der Waals surface area contributed by atoms with Crippen molar-refractivity contribution >= 4 is 10.1 Å². The molecule has 2 heterocycles. The topological polar surface area (TPSA) is 97.2 Å². The van der Waals surface area contributed by atoms with E-state index in [1.165, 1.54) is 10.9 Å². The van der Waals surface area contributed by atoms with E-state index in [4.69, 9.17) is 8.97 Å². The highest BCUT2D eigenvalue weighted by molar-refractivity contribution is 7.85. The number of hydrogen-bond donors (Lipinski definition) is 1. The number of aryl methyl sites for hydroxylation is 3. The van der Waals surface area contributed by atoms with Crippen LogP contribution >= 0.6 is 0 Å². The second-order valence-corrected chi connectivity index (χ2v) is 5.70. The maximum Gasteiger partial charge on any atom is 0.271 e. The van der Waals surface area contributed by atoms with Crippen LogP contribution in [0.2, 0.25) is 0 Å². The summed E-state index contributed by atoms with van der Waals surface area (Å²) in [5, 5.41) is 4.04. The van der Waals surface area contributed by atoms with Gasteiger partial charge in [0.25, 0.3) is 10.1 Å². The van der Waals surface area contributed by atoms with Gasteiger partial charge < -0.3 is 4.42 Å². The van der Waals surface area contributed by atoms with E-state index in [0.29, 0.717) is 11.5 Å². The van der Waals surface area contributed by atoms with E-state index in [-0.39, 0.29) is 12.3 Å². The summed E-state index contributed by atoms with van der Waals surface area (Å²) >= 11 is 0. The molecule has 2 aromatic heterocycles. The van der Waals surface area contributed by atoms with Crippen molar-refractivity contribution in [2.24, 2.45) is 0 Å². The highest BCUT2D eigenvalue weighted by atomic mass is 32.2. The Labute approximate surface area is 110 Å². The van der Waals surface area contributed by atoms with Gasteiger partial charge in [0, 0.05) is 6.07 Å². The van der Waals surface area contributed by atoms with Gasteiger partial charge in [-0.1, -0.05) is 4.68 Å². The van der Waals surface area contributed by atoms with Crippen LogP contribution in [-0.2, 0) is 16.7 Å². The van der Waals surface area contributed by atoms with Crippen LogP contribution in [0.1, 0.15) is 11.5 Å². The van der Waals surface area contributed by atoms with E-state index in [2.05, 4.69) is 10.1 Å². The van der Waals surface area contributed by atoms with Crippen molar-refractivity contribution in [2.75, 3.05) is 5.75 Å². The predicted molar refractivity (Wildman–Crippen MR) is 65.8 cm³/mol. The fraction of sp³-hybridized carbons (Fsp3) is 0.364. The zero-order chi connectivity index (χ0) is 14.0. The van der Waals surface area contributed by atoms with Crippen LogP contribution in [0.15, 0.2) is 22.9 Å². The molecular formula is C11H14N3O4S+. The minimum atomic E-state index is -3.98. The van der Waals surface area contributed by atoms with E-state index >= 15 is 0 Å². The largest absolute Gasteiger partial charge is 0.441 e. The van der Waals surface area contributed by atoms with Crippen molar-refractivity contribution in [1.29, 1.82) is 0 Å². The molecule has 0 atom stereocenters. The molecular weight excluding hydrogens is 270 g/mol. The van der Waals surface area contributed by atoms with Gasteiger partial charge in [-0.15, -0.1) is 0 Å². The van der Waals surface area contributed by atoms with Crippen molar-refractivity contribution in [2.45, 2.75) is 20.4 Å². The van der Waals surface area contributed by atoms with E-state index in [1.807, 2.05) is 13.8 Å². The molecule has 0 aliphatic carbocycles. The highest BCUT2D eigenvalue weighted by Gasteiger charge is 2.13. The van der Waals surface area contributed by atoms with Gasteiger partial charge in [-0.25, -0.2) is 4.98 Å². The van der Waals surface area contributed by atoms with Crippen LogP contribution in [0.25, 0.3) is 11.5 Å². The van der Waals surface area contributed by atoms with Crippen molar-refractivity contribution in [3.8, 4) is 11.5 Å². The molecule has 1 N–H and O–H groups in total. The highest BCUT2D eigenvalue weighted by Crippen LogP contribution is 2.19. The van der Waals surface area contributed by atoms with Gasteiger partial charge in [0.2, 0.25) is 5.89 Å². The molecule has 0 radical (unpaired) electrons. The van der Waals surface area contributed by atoms with Gasteiger partial charge >= 0.3 is 0 Å². The van der Waals surface area contributed by atoms with E-state index in [9.17, 15) is 8.42 Å². The molecule has 0 bridgehead atoms. The van der Waals surface area contributed by atoms with E-state index < -0.39 is 10.1 Å². The van der Waals surface area contributed by atoms with Crippen LogP contribution < -0.4 is 4.68 Å². The first-order valence-electron chi connectivity index (χ1n) is 5.60. The summed E-state index contributed by atoms with van der Waals surface area (Å²) in [7, 11) is -3.98. The Morgan fingerprint density at radius 2 is 2.16 bits per heavy atom. The Morgan fingerprint density at radius 1 is 1.42 bits per heavy atom. The first-order valence-corrected chi connectivity index (χ1v) is 7.21. The summed E-state index contributed by atoms with van der Waals surface area (Å²) in [6.07, 6.45) is 3.14. The smallest absolute Gasteiger partial charge is 0.271 e. The van der Waals surface area contributed by atoms with Crippen molar-refractivity contribution in [3.05, 3.63) is 29.9 Å². The molecule has 0 unspecified atom stereocenters. The molecule has 0 saturated heterocycles. The molecule has 8 heteroatoms. The molecule has 0 fully saturated rings. The molecule has 0 aliphatic rings. The van der Waals surface area contributed by atoms with Gasteiger partial charge in [0.15, 0.2) is 12.7 Å². The van der Waals surface area contributed by atoms with Gasteiger partial charge in [-0.2, -0.15) is 8.42 Å². The average molecular weight is 284 g/mol. The minimum absolute atomic E-state index is 0.0861. The maximum atomic E-state index is 10.6. The summed E-state index contributed by atoms with van der Waals surface area (Å²) in [6, 6.07) is 1.72. The SMILES string of the molecule is Cc1nc(-c2cc[n+](CCS(=O)(=O)O)nc2)oc1C. The van der Waals surface area contributed by atoms with Crippen LogP contribution in [0, 0.1) is 13.8 Å². The third kappa shape index (κ3) is 3.58. The quantitative estimate of drug-likeness (QED) is 0.649. The van der Waals surface area contributed by atoms with Crippen molar-refractivity contribution in [1.82, 2.24) is 10.1 Å². The molecule has 7 nitrogen and oxygen atoms in total. The fourth-order valence-electron chi connectivity index (χ4n) is 1.45. The molecule has 0 spiro atoms. The molecule has 2 aromatic rings. The van der Waals surface area contributed by atoms with Gasteiger partial charge in [-0.05, 0) is 18.9 Å². The lowest BCUT2D eigenvalue weighted by Crippen LogP contribution is -2.40. The first kappa shape index (κ1) is 13.6. The summed E-state index contributed by atoms with van der Waals surface area (Å²) in [5.74, 6) is 0.851. The standard InChI is InChI=1S/C11H13N3O4S/c1-8-9(2)18-11(13-8)10-3-4-14(12-7-10)5-6-19(15,16)17/h3-4,7H,5-6H2,1-2H3/p+1. The van der Waals surface area contributed by atoms with Gasteiger partial charge in [-0.3, -0.25) is 4.55 Å². The van der Waals surface area contributed by atoms with Gasteiger partial charge in [0.1, 0.15) is 17.7 Å². The molecule has 19 heavy (non-hydrogen) atoms. The van der Waals surface area contributed by atoms with Crippen LogP contribution in [0.5, 0.6) is 0 Å². The molecule has 0 amide bonds. The van der Waals surface area contributed by atoms with E-state index in [1.54, 1.807) is 12.3 Å². The van der Waals surface area contributed by atoms with Gasteiger partial charge in [0.05, 0.1) is 11.3 Å². The normalized spacial score (nSPS) is 11.7. The number of rotatable bonds is 4. The first-order chi connectivity index (χ1) is 8.85. The Hall–Kier alpha value is -1.80. The Balaban J connectivity index is 2.14. The lowest BCUT2D eigenvalue weighted by Gasteiger charge is -1.95. The minimum Gasteiger partial charge on any atom is -0.441 e. The predicted octanol–water partition coefficient (Wildman–Crippen LogP) is 0.529. The lowest BCUT2D eigenvalue weighted by molar-refractivity contribution is -0.750. The number of nitrogens with zero attached hydrogens (tertiary/aromatic N) is 3.